The highest BCUT2D eigenvalue weighted by molar-refractivity contribution is 9.10. The lowest BCUT2D eigenvalue weighted by atomic mass is 10.1. The third-order valence-corrected chi connectivity index (χ3v) is 4.12. The van der Waals surface area contributed by atoms with Crippen molar-refractivity contribution in [3.05, 3.63) is 68.9 Å². The van der Waals surface area contributed by atoms with E-state index in [1.165, 1.54) is 18.2 Å². The van der Waals surface area contributed by atoms with Crippen molar-refractivity contribution >= 4 is 51.1 Å². The van der Waals surface area contributed by atoms with Gasteiger partial charge in [-0.15, -0.1) is 0 Å². The number of carbonyl (C=O) groups is 2. The number of nitrogens with one attached hydrogen (secondary N) is 1. The number of benzene rings is 2. The predicted octanol–water partition coefficient (Wildman–Crippen LogP) is 3.70. The molecule has 4 nitrogen and oxygen atoms in total. The second kappa shape index (κ2) is 6.14. The molecule has 1 aliphatic heterocycles. The van der Waals surface area contributed by atoms with E-state index in [4.69, 9.17) is 11.6 Å². The summed E-state index contributed by atoms with van der Waals surface area (Å²) in [4.78, 5) is 24.5. The maximum atomic E-state index is 13.8. The maximum Gasteiger partial charge on any atom is 0.282 e. The molecule has 2 amide bonds. The zero-order valence-corrected chi connectivity index (χ0v) is 13.9. The Morgan fingerprint density at radius 2 is 1.83 bits per heavy atom. The van der Waals surface area contributed by atoms with Gasteiger partial charge in [-0.25, -0.2) is 9.40 Å². The zero-order chi connectivity index (χ0) is 16.6. The number of hydrogen-bond donors (Lipinski definition) is 1. The van der Waals surface area contributed by atoms with Crippen LogP contribution in [0.1, 0.15) is 5.56 Å². The number of carbonyl (C=O) groups excluding carboxylic acids is 2. The van der Waals surface area contributed by atoms with Gasteiger partial charge in [-0.05, 0) is 42.5 Å². The molecule has 0 aliphatic carbocycles. The van der Waals surface area contributed by atoms with Gasteiger partial charge in [0.25, 0.3) is 11.8 Å². The summed E-state index contributed by atoms with van der Waals surface area (Å²) in [5.74, 6) is -1.79. The van der Waals surface area contributed by atoms with Crippen LogP contribution < -0.4 is 10.4 Å². The molecule has 0 unspecified atom stereocenters. The number of nitrogens with zero attached hydrogens (tertiary/aromatic N) is 1. The average molecular weight is 396 g/mol. The summed E-state index contributed by atoms with van der Waals surface area (Å²) in [7, 11) is 0. The molecule has 116 valence electrons. The molecule has 1 heterocycles. The van der Waals surface area contributed by atoms with Gasteiger partial charge >= 0.3 is 0 Å². The SMILES string of the molecule is O=C1NN(c2ccc(Br)cc2)C(=O)/C1=C\c1c(F)cccc1Cl. The Morgan fingerprint density at radius 1 is 1.13 bits per heavy atom. The average Bonchev–Trinajstić information content (AvgIpc) is 2.79. The number of hydrazine groups is 1. The molecule has 2 aromatic rings. The number of halogens is 3. The van der Waals surface area contributed by atoms with E-state index < -0.39 is 17.6 Å². The molecule has 7 heteroatoms. The van der Waals surface area contributed by atoms with E-state index in [2.05, 4.69) is 21.4 Å². The topological polar surface area (TPSA) is 49.4 Å². The lowest BCUT2D eigenvalue weighted by Gasteiger charge is -2.14. The molecular weight excluding hydrogens is 387 g/mol. The predicted molar refractivity (Wildman–Crippen MR) is 89.2 cm³/mol. The van der Waals surface area contributed by atoms with E-state index in [1.54, 1.807) is 24.3 Å². The van der Waals surface area contributed by atoms with Crippen LogP contribution in [0.25, 0.3) is 6.08 Å². The normalized spacial score (nSPS) is 16.1. The fourth-order valence-electron chi connectivity index (χ4n) is 2.12. The molecule has 0 spiro atoms. The Balaban J connectivity index is 1.99. The van der Waals surface area contributed by atoms with Gasteiger partial charge in [0.05, 0.1) is 10.7 Å². The van der Waals surface area contributed by atoms with Crippen molar-refractivity contribution in [2.75, 3.05) is 5.01 Å². The highest BCUT2D eigenvalue weighted by Crippen LogP contribution is 2.26. The Hall–Kier alpha value is -2.18. The quantitative estimate of drug-likeness (QED) is 0.623. The van der Waals surface area contributed by atoms with Crippen LogP contribution in [0, 0.1) is 5.82 Å². The first-order valence-corrected chi connectivity index (χ1v) is 7.71. The third kappa shape index (κ3) is 3.00. The maximum absolute atomic E-state index is 13.8. The van der Waals surface area contributed by atoms with Crippen molar-refractivity contribution < 1.29 is 14.0 Å². The van der Waals surface area contributed by atoms with Crippen molar-refractivity contribution in [2.45, 2.75) is 0 Å². The second-order valence-corrected chi connectivity index (χ2v) is 6.07. The Morgan fingerprint density at radius 3 is 2.48 bits per heavy atom. The summed E-state index contributed by atoms with van der Waals surface area (Å²) in [5, 5.41) is 1.23. The van der Waals surface area contributed by atoms with Gasteiger partial charge in [-0.3, -0.25) is 15.0 Å². The van der Waals surface area contributed by atoms with Crippen LogP contribution in [0.5, 0.6) is 0 Å². The summed E-state index contributed by atoms with van der Waals surface area (Å²) in [6.45, 7) is 0. The summed E-state index contributed by atoms with van der Waals surface area (Å²) < 4.78 is 14.7. The molecule has 0 bridgehead atoms. The highest BCUT2D eigenvalue weighted by Gasteiger charge is 2.34. The molecule has 1 fully saturated rings. The molecular formula is C16H9BrClFN2O2. The molecule has 0 atom stereocenters. The number of amides is 2. The zero-order valence-electron chi connectivity index (χ0n) is 11.5. The van der Waals surface area contributed by atoms with Crippen LogP contribution in [-0.4, -0.2) is 11.8 Å². The van der Waals surface area contributed by atoms with Gasteiger partial charge in [0.2, 0.25) is 0 Å². The summed E-state index contributed by atoms with van der Waals surface area (Å²) >= 11 is 9.22. The number of rotatable bonds is 2. The monoisotopic (exact) mass is 394 g/mol. The van der Waals surface area contributed by atoms with E-state index in [0.29, 0.717) is 5.69 Å². The molecule has 3 rings (SSSR count). The summed E-state index contributed by atoms with van der Waals surface area (Å²) in [6, 6.07) is 11.0. The van der Waals surface area contributed by atoms with Gasteiger partial charge in [-0.2, -0.15) is 0 Å². The van der Waals surface area contributed by atoms with Crippen molar-refractivity contribution in [2.24, 2.45) is 0 Å². The first-order chi connectivity index (χ1) is 11.0. The smallest absolute Gasteiger partial charge is 0.267 e. The number of anilines is 1. The minimum absolute atomic E-state index is 0.00493. The van der Waals surface area contributed by atoms with Crippen LogP contribution in [0.15, 0.2) is 52.5 Å². The van der Waals surface area contributed by atoms with Crippen LogP contribution >= 0.6 is 27.5 Å². The fourth-order valence-corrected chi connectivity index (χ4v) is 2.60. The minimum atomic E-state index is -0.614. The summed E-state index contributed by atoms with van der Waals surface area (Å²) in [5.41, 5.74) is 2.76. The van der Waals surface area contributed by atoms with Crippen LogP contribution in [-0.2, 0) is 9.59 Å². The minimum Gasteiger partial charge on any atom is -0.267 e. The van der Waals surface area contributed by atoms with E-state index in [0.717, 1.165) is 15.6 Å². The van der Waals surface area contributed by atoms with Gasteiger partial charge < -0.3 is 0 Å². The Labute approximate surface area is 144 Å². The Kier molecular flexibility index (Phi) is 4.19. The van der Waals surface area contributed by atoms with Gasteiger partial charge in [0, 0.05) is 10.0 Å². The molecule has 23 heavy (non-hydrogen) atoms. The van der Waals surface area contributed by atoms with E-state index in [9.17, 15) is 14.0 Å². The van der Waals surface area contributed by atoms with Crippen molar-refractivity contribution in [3.63, 3.8) is 0 Å². The third-order valence-electron chi connectivity index (χ3n) is 3.26. The first kappa shape index (κ1) is 15.7. The lowest BCUT2D eigenvalue weighted by Crippen LogP contribution is -2.35. The second-order valence-electron chi connectivity index (χ2n) is 4.75. The van der Waals surface area contributed by atoms with E-state index in [-0.39, 0.29) is 16.2 Å². The van der Waals surface area contributed by atoms with Crippen molar-refractivity contribution in [3.8, 4) is 0 Å². The molecule has 2 aromatic carbocycles. The lowest BCUT2D eigenvalue weighted by molar-refractivity contribution is -0.117. The number of hydrogen-bond acceptors (Lipinski definition) is 2. The van der Waals surface area contributed by atoms with Crippen molar-refractivity contribution in [1.29, 1.82) is 0 Å². The largest absolute Gasteiger partial charge is 0.282 e. The van der Waals surface area contributed by atoms with E-state index >= 15 is 0 Å². The molecule has 0 aromatic heterocycles. The van der Waals surface area contributed by atoms with E-state index in [1.807, 2.05) is 0 Å². The summed E-state index contributed by atoms with van der Waals surface area (Å²) in [6.07, 6.45) is 1.16. The van der Waals surface area contributed by atoms with Crippen LogP contribution in [0.4, 0.5) is 10.1 Å². The molecule has 1 saturated heterocycles. The van der Waals surface area contributed by atoms with Crippen molar-refractivity contribution in [1.82, 2.24) is 5.43 Å². The van der Waals surface area contributed by atoms with Gasteiger partial charge in [0.1, 0.15) is 11.4 Å². The highest BCUT2D eigenvalue weighted by atomic mass is 79.9. The molecule has 1 aliphatic rings. The van der Waals surface area contributed by atoms with Gasteiger partial charge in [0.15, 0.2) is 0 Å². The standard InChI is InChI=1S/C16H9BrClFN2O2/c17-9-4-6-10(7-5-9)21-16(23)12(15(22)20-21)8-11-13(18)2-1-3-14(11)19/h1-8H,(H,20,22)/b12-8-. The molecule has 0 saturated carbocycles. The van der Waals surface area contributed by atoms with Crippen LogP contribution in [0.2, 0.25) is 5.02 Å². The van der Waals surface area contributed by atoms with Crippen LogP contribution in [0.3, 0.4) is 0 Å². The first-order valence-electron chi connectivity index (χ1n) is 6.54. The fraction of sp³-hybridized carbons (Fsp3) is 0. The molecule has 0 radical (unpaired) electrons. The molecule has 1 N–H and O–H groups in total. The van der Waals surface area contributed by atoms with Gasteiger partial charge in [-0.1, -0.05) is 33.6 Å². The Bertz CT molecular complexity index is 816.